The lowest BCUT2D eigenvalue weighted by atomic mass is 9.77. The molecule has 11 N–H and O–H groups in total. The van der Waals surface area contributed by atoms with Gasteiger partial charge in [-0.15, -0.1) is 0 Å². The summed E-state index contributed by atoms with van der Waals surface area (Å²) < 4.78 is 63.9. The molecule has 4 aromatic rings. The zero-order valence-corrected chi connectivity index (χ0v) is 38.4. The number of carbonyl (C=O) groups is 3. The van der Waals surface area contributed by atoms with Crippen molar-refractivity contribution in [3.05, 3.63) is 99.1 Å². The third-order valence-corrected chi connectivity index (χ3v) is 14.5. The fourth-order valence-electron chi connectivity index (χ4n) is 7.66. The van der Waals surface area contributed by atoms with Crippen LogP contribution in [0.5, 0.6) is 23.0 Å². The second kappa shape index (κ2) is 20.8. The fourth-order valence-corrected chi connectivity index (χ4v) is 10.7. The molecule has 3 aliphatic rings. The van der Waals surface area contributed by atoms with Gasteiger partial charge in [0, 0.05) is 60.4 Å². The van der Waals surface area contributed by atoms with Crippen molar-refractivity contribution in [3.8, 4) is 23.0 Å². The number of unbranched alkanes of at least 4 members (excludes halogenated alkanes) is 3. The monoisotopic (exact) mass is 1030 g/mol. The molecule has 2 amide bonds. The van der Waals surface area contributed by atoms with E-state index in [2.05, 4.69) is 39.2 Å². The number of nitrogens with zero attached hydrogens (tertiary/aromatic N) is 3. The van der Waals surface area contributed by atoms with E-state index < -0.39 is 77.8 Å². The van der Waals surface area contributed by atoms with E-state index in [1.165, 1.54) is 36.4 Å². The van der Waals surface area contributed by atoms with Gasteiger partial charge in [-0.05, 0) is 68.1 Å². The summed E-state index contributed by atoms with van der Waals surface area (Å²) in [7, 11) is -17.0. The minimum Gasteiger partial charge on any atom is -0.508 e. The number of hydrogen-bond donors (Lipinski definition) is 11. The first kappa shape index (κ1) is 51.2. The van der Waals surface area contributed by atoms with E-state index in [4.69, 9.17) is 24.0 Å². The van der Waals surface area contributed by atoms with Crippen LogP contribution in [0.4, 0.5) is 5.82 Å². The summed E-state index contributed by atoms with van der Waals surface area (Å²) >= 11 is 0. The molecular weight excluding hydrogens is 981 g/mol. The molecule has 4 heterocycles. The predicted octanol–water partition coefficient (Wildman–Crippen LogP) is 1.88. The number of fused-ring (bicyclic) bond motifs is 6. The van der Waals surface area contributed by atoms with E-state index in [1.54, 1.807) is 18.2 Å². The SMILES string of the molecule is O=C(CCCCCNC(=O)c1ccc2c(c1)C1(OC2=O)c2ccc(O)cc2Oc2cc(O)ccc21)NCCCCNc1cnn(C2OC(COP(=O)(O)OP(=O)(O)OP(=O)(O)O)C(O)C2O)c(=O)n1. The molecular formula is C39H45N6O21P3. The Kier molecular flexibility index (Phi) is 15.4. The number of esters is 1. The van der Waals surface area contributed by atoms with Gasteiger partial charge in [-0.25, -0.2) is 23.3 Å². The third-order valence-electron chi connectivity index (χ3n) is 10.7. The van der Waals surface area contributed by atoms with Crippen molar-refractivity contribution in [2.75, 3.05) is 31.6 Å². The Morgan fingerprint density at radius 3 is 2.09 bits per heavy atom. The van der Waals surface area contributed by atoms with Crippen LogP contribution in [-0.2, 0) is 46.7 Å². The molecule has 3 aromatic carbocycles. The smallest absolute Gasteiger partial charge is 0.490 e. The van der Waals surface area contributed by atoms with Crippen molar-refractivity contribution in [2.45, 2.75) is 68.7 Å². The number of phenolic OH excluding ortho intramolecular Hbond substituents is 2. The molecule has 3 aliphatic heterocycles. The second-order valence-electron chi connectivity index (χ2n) is 15.6. The summed E-state index contributed by atoms with van der Waals surface area (Å²) in [4.78, 5) is 91.6. The Labute approximate surface area is 389 Å². The number of phosphoric acid groups is 3. The molecule has 0 saturated carbocycles. The van der Waals surface area contributed by atoms with E-state index in [9.17, 15) is 63.1 Å². The number of carbonyl (C=O) groups excluding carboxylic acids is 3. The van der Waals surface area contributed by atoms with Gasteiger partial charge in [0.25, 0.3) is 5.91 Å². The normalized spacial score (nSPS) is 20.6. The molecule has 372 valence electrons. The number of aliphatic hydroxyl groups excluding tert-OH is 2. The lowest BCUT2D eigenvalue weighted by Crippen LogP contribution is -2.37. The van der Waals surface area contributed by atoms with Gasteiger partial charge in [-0.2, -0.15) is 23.4 Å². The minimum atomic E-state index is -5.81. The zero-order chi connectivity index (χ0) is 49.9. The van der Waals surface area contributed by atoms with Gasteiger partial charge < -0.3 is 70.2 Å². The average Bonchev–Trinajstić information content (AvgIpc) is 3.71. The van der Waals surface area contributed by atoms with Crippen molar-refractivity contribution in [1.29, 1.82) is 0 Å². The largest absolute Gasteiger partial charge is 0.508 e. The average molecular weight is 1030 g/mol. The molecule has 0 aliphatic carbocycles. The second-order valence-corrected chi connectivity index (χ2v) is 20.1. The highest BCUT2D eigenvalue weighted by Gasteiger charge is 2.54. The molecule has 7 rings (SSSR count). The fraction of sp³-hybridized carbons (Fsp3) is 0.385. The van der Waals surface area contributed by atoms with E-state index >= 15 is 0 Å². The summed E-state index contributed by atoms with van der Waals surface area (Å²) in [6.07, 6.45) is -2.80. The Balaban J connectivity index is 0.790. The van der Waals surface area contributed by atoms with Crippen molar-refractivity contribution in [1.82, 2.24) is 25.4 Å². The summed E-state index contributed by atoms with van der Waals surface area (Å²) in [6.45, 7) is -0.106. The molecule has 1 spiro atoms. The molecule has 6 unspecified atom stereocenters. The van der Waals surface area contributed by atoms with Crippen LogP contribution in [0.2, 0.25) is 0 Å². The number of aromatic nitrogens is 3. The Bertz CT molecular complexity index is 2770. The van der Waals surface area contributed by atoms with Crippen LogP contribution in [0.25, 0.3) is 0 Å². The van der Waals surface area contributed by atoms with Crippen molar-refractivity contribution < 1.29 is 95.4 Å². The van der Waals surface area contributed by atoms with Crippen LogP contribution in [0.15, 0.2) is 65.6 Å². The number of phenols is 2. The van der Waals surface area contributed by atoms with Crippen LogP contribution in [-0.4, -0.2) is 117 Å². The lowest BCUT2D eigenvalue weighted by Gasteiger charge is -2.36. The lowest BCUT2D eigenvalue weighted by molar-refractivity contribution is -0.121. The van der Waals surface area contributed by atoms with Gasteiger partial charge in [0.1, 0.15) is 41.3 Å². The van der Waals surface area contributed by atoms with Crippen LogP contribution in [0, 0.1) is 0 Å². The van der Waals surface area contributed by atoms with Crippen molar-refractivity contribution >= 4 is 47.1 Å². The maximum Gasteiger partial charge on any atom is 0.490 e. The molecule has 69 heavy (non-hydrogen) atoms. The topological polar surface area (TPSA) is 404 Å². The molecule has 0 bridgehead atoms. The number of ether oxygens (including phenoxy) is 3. The third kappa shape index (κ3) is 12.0. The van der Waals surface area contributed by atoms with Gasteiger partial charge in [-0.1, -0.05) is 6.42 Å². The highest BCUT2D eigenvalue weighted by molar-refractivity contribution is 7.66. The van der Waals surface area contributed by atoms with Crippen molar-refractivity contribution in [3.63, 3.8) is 0 Å². The van der Waals surface area contributed by atoms with E-state index in [0.29, 0.717) is 73.1 Å². The van der Waals surface area contributed by atoms with Gasteiger partial charge in [-0.3, -0.25) is 14.1 Å². The molecule has 30 heteroatoms. The van der Waals surface area contributed by atoms with Crippen LogP contribution < -0.4 is 26.4 Å². The van der Waals surface area contributed by atoms with Crippen LogP contribution in [0.1, 0.15) is 82.2 Å². The maximum absolute atomic E-state index is 13.3. The summed E-state index contributed by atoms with van der Waals surface area (Å²) in [6, 6.07) is 13.4. The molecule has 1 fully saturated rings. The highest BCUT2D eigenvalue weighted by Crippen LogP contribution is 2.66. The standard InChI is InChI=1S/C39H45N6O21P3/c46-22-8-11-25-28(17-22)62-29-18-23(47)9-12-26(29)39(25)27-16-21(7-10-24(27)37(52)64-39)35(51)42-15-3-1-2-6-32(48)41-14-5-4-13-40-31-19-43-45(38(53)44-31)36-34(50)33(49)30(63-36)20-61-68(57,58)66-69(59,60)65-67(54,55)56/h7-12,16-19,30,33-34,36,46-47,49-50H,1-6,13-15,20H2,(H,41,48)(H,42,51)(H,57,58)(H,59,60)(H,40,44,53)(H2,54,55,56). The van der Waals surface area contributed by atoms with E-state index in [1.807, 2.05) is 0 Å². The Morgan fingerprint density at radius 1 is 0.768 bits per heavy atom. The first-order valence-electron chi connectivity index (χ1n) is 20.8. The van der Waals surface area contributed by atoms with E-state index in [0.717, 1.165) is 6.20 Å². The molecule has 0 radical (unpaired) electrons. The predicted molar refractivity (Wildman–Crippen MR) is 232 cm³/mol. The van der Waals surface area contributed by atoms with Gasteiger partial charge in [0.15, 0.2) is 17.6 Å². The molecule has 6 atom stereocenters. The molecule has 27 nitrogen and oxygen atoms in total. The van der Waals surface area contributed by atoms with Gasteiger partial charge in [0.05, 0.1) is 18.4 Å². The van der Waals surface area contributed by atoms with Crippen molar-refractivity contribution in [2.24, 2.45) is 0 Å². The number of anilines is 1. The number of nitrogens with one attached hydrogen (secondary N) is 3. The molecule has 1 saturated heterocycles. The number of aromatic hydroxyl groups is 2. The Morgan fingerprint density at radius 2 is 1.42 bits per heavy atom. The maximum atomic E-state index is 13.3. The van der Waals surface area contributed by atoms with Crippen LogP contribution in [0.3, 0.4) is 0 Å². The molecule has 1 aromatic heterocycles. The highest BCUT2D eigenvalue weighted by atomic mass is 31.3. The number of phosphoric ester groups is 1. The van der Waals surface area contributed by atoms with Gasteiger partial charge >= 0.3 is 35.1 Å². The Hall–Kier alpha value is -5.63. The first-order chi connectivity index (χ1) is 32.6. The summed E-state index contributed by atoms with van der Waals surface area (Å²) in [5, 5.41) is 53.6. The van der Waals surface area contributed by atoms with E-state index in [-0.39, 0.29) is 52.3 Å². The quantitative estimate of drug-likeness (QED) is 0.0322. The van der Waals surface area contributed by atoms with Crippen LogP contribution >= 0.6 is 23.5 Å². The minimum absolute atomic E-state index is 0.0397. The number of rotatable bonds is 21. The summed E-state index contributed by atoms with van der Waals surface area (Å²) in [5.41, 5.74) is -0.799. The summed E-state index contributed by atoms with van der Waals surface area (Å²) in [5.74, 6) is -0.898. The number of hydrogen-bond acceptors (Lipinski definition) is 20. The zero-order valence-electron chi connectivity index (χ0n) is 35.7. The van der Waals surface area contributed by atoms with Gasteiger partial charge in [0.2, 0.25) is 5.91 Å². The number of amides is 2. The first-order valence-corrected chi connectivity index (χ1v) is 25.4. The number of aliphatic hydroxyl groups is 2. The number of benzene rings is 3.